The molecule has 0 spiro atoms. The Hall–Kier alpha value is -1.98. The van der Waals surface area contributed by atoms with E-state index in [9.17, 15) is 0 Å². The van der Waals surface area contributed by atoms with Crippen molar-refractivity contribution >= 4 is 47.4 Å². The quantitative estimate of drug-likeness (QED) is 0.264. The van der Waals surface area contributed by atoms with E-state index in [2.05, 4.69) is 78.9 Å². The van der Waals surface area contributed by atoms with E-state index in [1.54, 1.807) is 0 Å². The average Bonchev–Trinajstić information content (AvgIpc) is 2.96. The zero-order chi connectivity index (χ0) is 25.5. The summed E-state index contributed by atoms with van der Waals surface area (Å²) in [6.07, 6.45) is 16.2. The number of rotatable bonds is 5. The highest BCUT2D eigenvalue weighted by atomic mass is 31.2. The minimum atomic E-state index is -3.06. The van der Waals surface area contributed by atoms with Crippen LogP contribution in [0.4, 0.5) is 0 Å². The van der Waals surface area contributed by atoms with E-state index in [4.69, 9.17) is 0 Å². The maximum absolute atomic E-state index is 16.2. The second-order valence-electron chi connectivity index (χ2n) is 12.9. The third-order valence-electron chi connectivity index (χ3n) is 11.0. The van der Waals surface area contributed by atoms with Crippen molar-refractivity contribution in [1.82, 2.24) is 0 Å². The molecule has 0 unspecified atom stereocenters. The molecule has 4 heterocycles. The molecule has 0 radical (unpaired) electrons. The molecule has 3 aromatic carbocycles. The van der Waals surface area contributed by atoms with Crippen LogP contribution in [0.3, 0.4) is 0 Å². The van der Waals surface area contributed by atoms with Crippen molar-refractivity contribution in [3.8, 4) is 0 Å². The summed E-state index contributed by atoms with van der Waals surface area (Å²) in [6, 6.07) is 28.6. The molecule has 194 valence electrons. The minimum Gasteiger partial charge on any atom is -0.309 e. The van der Waals surface area contributed by atoms with Crippen molar-refractivity contribution in [2.75, 3.05) is 0 Å². The molecule has 4 saturated heterocycles. The summed E-state index contributed by atoms with van der Waals surface area (Å²) < 4.78 is 16.2. The molecule has 7 rings (SSSR count). The average molecular weight is 518 g/mol. The van der Waals surface area contributed by atoms with Gasteiger partial charge in [0.1, 0.15) is 0 Å². The summed E-state index contributed by atoms with van der Waals surface area (Å²) in [5.41, 5.74) is 2.82. The van der Waals surface area contributed by atoms with Crippen molar-refractivity contribution in [1.29, 1.82) is 0 Å². The van der Waals surface area contributed by atoms with Gasteiger partial charge in [0.2, 0.25) is 0 Å². The molecule has 0 N–H and O–H groups in total. The zero-order valence-electron chi connectivity index (χ0n) is 22.8. The van der Waals surface area contributed by atoms with E-state index in [0.29, 0.717) is 13.4 Å². The maximum atomic E-state index is 16.2. The largest absolute Gasteiger partial charge is 0.309 e. The number of benzene rings is 3. The van der Waals surface area contributed by atoms with Gasteiger partial charge in [-0.3, -0.25) is 0 Å². The maximum Gasteiger partial charge on any atom is 0.183 e. The van der Waals surface area contributed by atoms with Gasteiger partial charge in [-0.2, -0.15) is 0 Å². The molecule has 0 saturated carbocycles. The van der Waals surface area contributed by atoms with Gasteiger partial charge >= 0.3 is 0 Å². The van der Waals surface area contributed by atoms with Gasteiger partial charge in [-0.05, 0) is 0 Å². The molecule has 0 aliphatic carbocycles. The molecular weight excluding hydrogens is 477 g/mol. The summed E-state index contributed by atoms with van der Waals surface area (Å²) in [5.74, 6) is 3.00. The highest BCUT2D eigenvalue weighted by Crippen LogP contribution is 2.50. The lowest BCUT2D eigenvalue weighted by atomic mass is 9.24. The van der Waals surface area contributed by atoms with Gasteiger partial charge in [-0.1, -0.05) is 190 Å². The van der Waals surface area contributed by atoms with Gasteiger partial charge in [0.15, 0.2) is 20.6 Å². The smallest absolute Gasteiger partial charge is 0.183 e. The zero-order valence-corrected chi connectivity index (χ0v) is 23.7. The highest BCUT2D eigenvalue weighted by molar-refractivity contribution is 7.86. The Morgan fingerprint density at radius 2 is 0.816 bits per heavy atom. The van der Waals surface area contributed by atoms with Crippen molar-refractivity contribution in [2.24, 2.45) is 0 Å². The van der Waals surface area contributed by atoms with Gasteiger partial charge in [0.05, 0.1) is 0 Å². The van der Waals surface area contributed by atoms with Gasteiger partial charge in [-0.25, -0.2) is 0 Å². The van der Waals surface area contributed by atoms with Crippen LogP contribution in [-0.4, -0.2) is 13.4 Å². The van der Waals surface area contributed by atoms with E-state index in [-0.39, 0.29) is 0 Å². The molecular formula is C34H41B2OP. The van der Waals surface area contributed by atoms with Crippen molar-refractivity contribution < 1.29 is 4.57 Å². The molecule has 4 fully saturated rings. The number of fused-ring (bicyclic) bond motifs is 4. The van der Waals surface area contributed by atoms with Crippen LogP contribution in [0.15, 0.2) is 78.9 Å². The lowest BCUT2D eigenvalue weighted by Crippen LogP contribution is -2.54. The first-order valence-corrected chi connectivity index (χ1v) is 17.3. The molecule has 1 nitrogen and oxygen atoms in total. The third kappa shape index (κ3) is 4.20. The fourth-order valence-corrected chi connectivity index (χ4v) is 12.7. The normalized spacial score (nSPS) is 28.5. The summed E-state index contributed by atoms with van der Waals surface area (Å²) in [6.45, 7) is 1.12. The van der Waals surface area contributed by atoms with Crippen LogP contribution < -0.4 is 26.8 Å². The first-order chi connectivity index (χ1) is 18.7. The van der Waals surface area contributed by atoms with Crippen molar-refractivity contribution in [3.63, 3.8) is 0 Å². The lowest BCUT2D eigenvalue weighted by molar-refractivity contribution is 0.448. The first kappa shape index (κ1) is 25.0. The Kier molecular flexibility index (Phi) is 6.94. The monoisotopic (exact) mass is 518 g/mol. The van der Waals surface area contributed by atoms with Gasteiger partial charge in [0, 0.05) is 15.9 Å². The summed E-state index contributed by atoms with van der Waals surface area (Å²) in [5, 5.41) is 3.30. The second kappa shape index (κ2) is 10.5. The topological polar surface area (TPSA) is 17.1 Å². The molecule has 3 aromatic rings. The summed E-state index contributed by atoms with van der Waals surface area (Å²) in [7, 11) is -3.06. The van der Waals surface area contributed by atoms with E-state index < -0.39 is 7.14 Å². The summed E-state index contributed by atoms with van der Waals surface area (Å²) >= 11 is 0. The standard InChI is InChI=1S/C34H41B2OP/c37-38(30-20-2-1-3-21-30,33-24-6-4-22-31(33)35-26-12-8-13-27(35)15-9-14-26)34-25-7-5-23-32(34)36-28-16-10-17-29(36)19-11-18-28/h1-7,20-29H,8-19H2. The number of hydrogen-bond donors (Lipinski definition) is 0. The Morgan fingerprint density at radius 1 is 0.474 bits per heavy atom. The fourth-order valence-electron chi connectivity index (χ4n) is 9.53. The molecule has 4 heteroatoms. The number of hydrogen-bond acceptors (Lipinski definition) is 1. The minimum absolute atomic E-state index is 0.562. The van der Waals surface area contributed by atoms with Crippen LogP contribution in [0.5, 0.6) is 0 Å². The predicted molar refractivity (Wildman–Crippen MR) is 167 cm³/mol. The van der Waals surface area contributed by atoms with Crippen LogP contribution >= 0.6 is 7.14 Å². The van der Waals surface area contributed by atoms with Gasteiger partial charge in [-0.15, -0.1) is 0 Å². The van der Waals surface area contributed by atoms with E-state index in [0.717, 1.165) is 39.2 Å². The SMILES string of the molecule is O=P(c1ccccc1)(c1ccccc1B1C2CCCC1CCC2)c1ccccc1B1C2CCCC1CCC2. The Labute approximate surface area is 230 Å². The molecule has 4 bridgehead atoms. The summed E-state index contributed by atoms with van der Waals surface area (Å²) in [4.78, 5) is 0. The molecule has 0 amide bonds. The Bertz CT molecular complexity index is 1200. The van der Waals surface area contributed by atoms with Crippen LogP contribution in [0.1, 0.15) is 77.0 Å². The van der Waals surface area contributed by atoms with E-state index in [1.165, 1.54) is 88.0 Å². The van der Waals surface area contributed by atoms with E-state index in [1.807, 2.05) is 0 Å². The third-order valence-corrected chi connectivity index (χ3v) is 14.2. The molecule has 0 atom stereocenters. The van der Waals surface area contributed by atoms with Crippen molar-refractivity contribution in [2.45, 2.75) is 100 Å². The van der Waals surface area contributed by atoms with Crippen molar-refractivity contribution in [3.05, 3.63) is 78.9 Å². The molecule has 0 aromatic heterocycles. The van der Waals surface area contributed by atoms with Crippen LogP contribution in [0.25, 0.3) is 0 Å². The van der Waals surface area contributed by atoms with Crippen LogP contribution in [-0.2, 0) is 4.57 Å². The van der Waals surface area contributed by atoms with E-state index >= 15 is 4.57 Å². The predicted octanol–water partition coefficient (Wildman–Crippen LogP) is 6.95. The first-order valence-electron chi connectivity index (χ1n) is 15.6. The van der Waals surface area contributed by atoms with Crippen LogP contribution in [0, 0.1) is 0 Å². The fraction of sp³-hybridized carbons (Fsp3) is 0.471. The van der Waals surface area contributed by atoms with Gasteiger partial charge < -0.3 is 4.57 Å². The van der Waals surface area contributed by atoms with Crippen LogP contribution in [0.2, 0.25) is 23.3 Å². The highest BCUT2D eigenvalue weighted by Gasteiger charge is 2.46. The molecule has 38 heavy (non-hydrogen) atoms. The second-order valence-corrected chi connectivity index (χ2v) is 15.6. The lowest BCUT2D eigenvalue weighted by Gasteiger charge is -2.43. The molecule has 4 aliphatic rings. The Morgan fingerprint density at radius 3 is 1.21 bits per heavy atom. The van der Waals surface area contributed by atoms with Gasteiger partial charge in [0.25, 0.3) is 0 Å². The molecule has 4 aliphatic heterocycles. The Balaban J connectivity index is 1.44.